The zero-order valence-electron chi connectivity index (χ0n) is 15.7. The van der Waals surface area contributed by atoms with Gasteiger partial charge in [0.15, 0.2) is 0 Å². The lowest BCUT2D eigenvalue weighted by atomic mass is 10.2. The Morgan fingerprint density at radius 2 is 1.90 bits per heavy atom. The Kier molecular flexibility index (Phi) is 6.65. The fourth-order valence-electron chi connectivity index (χ4n) is 2.75. The average molecular weight is 447 g/mol. The number of anilines is 3. The number of nitro groups is 1. The van der Waals surface area contributed by atoms with E-state index in [1.165, 1.54) is 24.5 Å². The summed E-state index contributed by atoms with van der Waals surface area (Å²) in [5.74, 6) is -0.690. The topological polar surface area (TPSA) is 113 Å². The predicted octanol–water partition coefficient (Wildman–Crippen LogP) is 4.61. The molecule has 154 valence electrons. The largest absolute Gasteiger partial charge is 0.355 e. The lowest BCUT2D eigenvalue weighted by Crippen LogP contribution is -2.31. The van der Waals surface area contributed by atoms with Gasteiger partial charge in [-0.1, -0.05) is 41.4 Å². The van der Waals surface area contributed by atoms with Gasteiger partial charge in [-0.2, -0.15) is 0 Å². The number of para-hydroxylation sites is 1. The van der Waals surface area contributed by atoms with Crippen LogP contribution in [0.4, 0.5) is 23.0 Å². The fourth-order valence-corrected chi connectivity index (χ4v) is 3.24. The minimum absolute atomic E-state index is 0.0879. The third kappa shape index (κ3) is 4.58. The first-order valence-electron chi connectivity index (χ1n) is 8.75. The number of carbonyl (C=O) groups is 1. The van der Waals surface area contributed by atoms with Crippen LogP contribution in [-0.4, -0.2) is 27.3 Å². The van der Waals surface area contributed by atoms with Gasteiger partial charge in [-0.15, -0.1) is 0 Å². The molecular formula is C19H16Cl2N6O3. The second kappa shape index (κ2) is 9.38. The number of halogens is 2. The van der Waals surface area contributed by atoms with E-state index in [0.717, 1.165) is 5.69 Å². The third-order valence-electron chi connectivity index (χ3n) is 4.10. The summed E-state index contributed by atoms with van der Waals surface area (Å²) >= 11 is 11.9. The van der Waals surface area contributed by atoms with Crippen molar-refractivity contribution in [1.29, 1.82) is 0 Å². The van der Waals surface area contributed by atoms with Crippen molar-refractivity contribution in [1.82, 2.24) is 15.4 Å². The second-order valence-corrected chi connectivity index (χ2v) is 6.78. The SMILES string of the molecule is CCN(c1ccccc1)c1ncnc(NNC(=O)c2ccc(Cl)cc2Cl)c1[N+](=O)[O-]. The van der Waals surface area contributed by atoms with Crippen LogP contribution in [0.15, 0.2) is 54.9 Å². The Hall–Kier alpha value is -3.43. The van der Waals surface area contributed by atoms with Crippen molar-refractivity contribution in [2.45, 2.75) is 6.92 Å². The Morgan fingerprint density at radius 3 is 2.53 bits per heavy atom. The Labute approximate surface area is 181 Å². The molecule has 0 unspecified atom stereocenters. The van der Waals surface area contributed by atoms with E-state index in [4.69, 9.17) is 23.2 Å². The molecule has 0 spiro atoms. The third-order valence-corrected chi connectivity index (χ3v) is 4.64. The summed E-state index contributed by atoms with van der Waals surface area (Å²) in [6, 6.07) is 13.5. The summed E-state index contributed by atoms with van der Waals surface area (Å²) in [4.78, 5) is 33.3. The number of nitrogens with zero attached hydrogens (tertiary/aromatic N) is 4. The molecule has 3 aromatic rings. The summed E-state index contributed by atoms with van der Waals surface area (Å²) in [6.07, 6.45) is 1.18. The van der Waals surface area contributed by atoms with E-state index in [2.05, 4.69) is 20.8 Å². The normalized spacial score (nSPS) is 10.4. The maximum Gasteiger partial charge on any atom is 0.355 e. The monoisotopic (exact) mass is 446 g/mol. The van der Waals surface area contributed by atoms with Gasteiger partial charge in [-0.25, -0.2) is 9.97 Å². The van der Waals surface area contributed by atoms with Gasteiger partial charge in [0.1, 0.15) is 6.33 Å². The van der Waals surface area contributed by atoms with E-state index in [-0.39, 0.29) is 27.9 Å². The molecule has 0 atom stereocenters. The smallest absolute Gasteiger partial charge is 0.321 e. The van der Waals surface area contributed by atoms with Gasteiger partial charge in [0.25, 0.3) is 5.91 Å². The number of hydrogen-bond donors (Lipinski definition) is 2. The molecule has 3 rings (SSSR count). The van der Waals surface area contributed by atoms with E-state index in [9.17, 15) is 14.9 Å². The highest BCUT2D eigenvalue weighted by Crippen LogP contribution is 2.35. The maximum absolute atomic E-state index is 12.4. The molecule has 0 fully saturated rings. The van der Waals surface area contributed by atoms with Crippen molar-refractivity contribution in [3.8, 4) is 0 Å². The fraction of sp³-hybridized carbons (Fsp3) is 0.105. The number of carbonyl (C=O) groups excluding carboxylic acids is 1. The Morgan fingerprint density at radius 1 is 1.17 bits per heavy atom. The van der Waals surface area contributed by atoms with Crippen molar-refractivity contribution in [2.24, 2.45) is 0 Å². The minimum Gasteiger partial charge on any atom is -0.321 e. The number of rotatable bonds is 7. The molecule has 0 saturated heterocycles. The van der Waals surface area contributed by atoms with Gasteiger partial charge in [0.2, 0.25) is 11.6 Å². The molecule has 0 aliphatic heterocycles. The first-order valence-corrected chi connectivity index (χ1v) is 9.51. The minimum atomic E-state index is -0.610. The van der Waals surface area contributed by atoms with Crippen LogP contribution < -0.4 is 15.8 Å². The van der Waals surface area contributed by atoms with Gasteiger partial charge < -0.3 is 4.90 Å². The molecule has 2 aromatic carbocycles. The van der Waals surface area contributed by atoms with Crippen LogP contribution in [0.5, 0.6) is 0 Å². The van der Waals surface area contributed by atoms with E-state index in [1.54, 1.807) is 4.90 Å². The first-order chi connectivity index (χ1) is 14.4. The van der Waals surface area contributed by atoms with E-state index < -0.39 is 10.8 Å². The van der Waals surface area contributed by atoms with E-state index >= 15 is 0 Å². The summed E-state index contributed by atoms with van der Waals surface area (Å²) in [5.41, 5.74) is 5.35. The summed E-state index contributed by atoms with van der Waals surface area (Å²) < 4.78 is 0. The summed E-state index contributed by atoms with van der Waals surface area (Å²) in [7, 11) is 0. The molecule has 2 N–H and O–H groups in total. The van der Waals surface area contributed by atoms with Crippen LogP contribution in [-0.2, 0) is 0 Å². The van der Waals surface area contributed by atoms with Gasteiger partial charge in [-0.3, -0.25) is 25.8 Å². The second-order valence-electron chi connectivity index (χ2n) is 5.93. The lowest BCUT2D eigenvalue weighted by Gasteiger charge is -2.22. The standard InChI is InChI=1S/C19H16Cl2N6O3/c1-2-26(13-6-4-3-5-7-13)18-16(27(29)30)17(22-11-23-18)24-25-19(28)14-9-8-12(20)10-15(14)21/h3-11H,2H2,1H3,(H,25,28)(H,22,23,24). The molecule has 0 aliphatic carbocycles. The Bertz CT molecular complexity index is 1080. The summed E-state index contributed by atoms with van der Waals surface area (Å²) in [5, 5.41) is 12.3. The number of hydrazine groups is 1. The highest BCUT2D eigenvalue weighted by atomic mass is 35.5. The zero-order chi connectivity index (χ0) is 21.7. The van der Waals surface area contributed by atoms with Crippen molar-refractivity contribution in [3.63, 3.8) is 0 Å². The van der Waals surface area contributed by atoms with Crippen LogP contribution in [0.1, 0.15) is 17.3 Å². The van der Waals surface area contributed by atoms with Crippen molar-refractivity contribution in [3.05, 3.63) is 80.6 Å². The Balaban J connectivity index is 1.91. The van der Waals surface area contributed by atoms with Gasteiger partial charge in [0.05, 0.1) is 15.5 Å². The van der Waals surface area contributed by atoms with E-state index in [0.29, 0.717) is 11.6 Å². The highest BCUT2D eigenvalue weighted by Gasteiger charge is 2.27. The van der Waals surface area contributed by atoms with Crippen molar-refractivity contribution < 1.29 is 9.72 Å². The first kappa shape index (κ1) is 21.3. The van der Waals surface area contributed by atoms with Crippen LogP contribution in [0, 0.1) is 10.1 Å². The van der Waals surface area contributed by atoms with Crippen LogP contribution in [0.3, 0.4) is 0 Å². The molecule has 1 amide bonds. The molecule has 1 heterocycles. The highest BCUT2D eigenvalue weighted by molar-refractivity contribution is 6.36. The molecule has 0 aliphatic rings. The van der Waals surface area contributed by atoms with Crippen molar-refractivity contribution in [2.75, 3.05) is 16.9 Å². The van der Waals surface area contributed by atoms with E-state index in [1.807, 2.05) is 37.3 Å². The lowest BCUT2D eigenvalue weighted by molar-refractivity contribution is -0.383. The molecule has 1 aromatic heterocycles. The molecule has 9 nitrogen and oxygen atoms in total. The van der Waals surface area contributed by atoms with Gasteiger partial charge in [0, 0.05) is 17.3 Å². The van der Waals surface area contributed by atoms with Crippen LogP contribution in [0.25, 0.3) is 0 Å². The number of amides is 1. The molecule has 0 saturated carbocycles. The predicted molar refractivity (Wildman–Crippen MR) is 115 cm³/mol. The quantitative estimate of drug-likeness (QED) is 0.402. The van der Waals surface area contributed by atoms with Crippen molar-refractivity contribution >= 4 is 52.1 Å². The molecule has 11 heteroatoms. The molecule has 0 radical (unpaired) electrons. The number of aromatic nitrogens is 2. The number of hydrogen-bond acceptors (Lipinski definition) is 7. The zero-order valence-corrected chi connectivity index (χ0v) is 17.2. The van der Waals surface area contributed by atoms with Gasteiger partial charge >= 0.3 is 5.69 Å². The average Bonchev–Trinajstić information content (AvgIpc) is 2.73. The number of benzene rings is 2. The van der Waals surface area contributed by atoms with Gasteiger partial charge in [-0.05, 0) is 37.3 Å². The maximum atomic E-state index is 12.4. The summed E-state index contributed by atoms with van der Waals surface area (Å²) in [6.45, 7) is 2.27. The van der Waals surface area contributed by atoms with Crippen LogP contribution in [0.2, 0.25) is 10.0 Å². The number of nitrogens with one attached hydrogen (secondary N) is 2. The molecule has 30 heavy (non-hydrogen) atoms. The molecular weight excluding hydrogens is 431 g/mol. The van der Waals surface area contributed by atoms with Crippen LogP contribution >= 0.6 is 23.2 Å². The molecule has 0 bridgehead atoms.